The van der Waals surface area contributed by atoms with Crippen LogP contribution >= 0.6 is 0 Å². The van der Waals surface area contributed by atoms with Crippen LogP contribution in [0.5, 0.6) is 11.5 Å². The minimum absolute atomic E-state index is 0.151. The maximum Gasteiger partial charge on any atom is 0.161 e. The second-order valence-electron chi connectivity index (χ2n) is 5.90. The third-order valence-corrected chi connectivity index (χ3v) is 4.63. The minimum Gasteiger partial charge on any atom is -0.493 e. The zero-order valence-electron chi connectivity index (χ0n) is 13.7. The zero-order chi connectivity index (χ0) is 16.3. The molecule has 0 aromatic heterocycles. The average Bonchev–Trinajstić information content (AvgIpc) is 2.63. The molecular formula is C21H22O2. The predicted molar refractivity (Wildman–Crippen MR) is 94.3 cm³/mol. The van der Waals surface area contributed by atoms with Gasteiger partial charge in [0.15, 0.2) is 11.5 Å². The molecule has 0 amide bonds. The van der Waals surface area contributed by atoms with Crippen LogP contribution in [-0.2, 0) is 5.41 Å². The first kappa shape index (κ1) is 15.4. The van der Waals surface area contributed by atoms with Gasteiger partial charge in [0.05, 0.1) is 14.2 Å². The molecule has 1 unspecified atom stereocenters. The van der Waals surface area contributed by atoms with Gasteiger partial charge in [-0.2, -0.15) is 0 Å². The Morgan fingerprint density at radius 2 is 1.65 bits per heavy atom. The second kappa shape index (κ2) is 6.33. The fraction of sp³-hybridized carbons (Fsp3) is 0.238. The molecule has 0 spiro atoms. The molecular weight excluding hydrogens is 284 g/mol. The molecule has 0 radical (unpaired) electrons. The van der Waals surface area contributed by atoms with Gasteiger partial charge >= 0.3 is 0 Å². The van der Waals surface area contributed by atoms with Crippen molar-refractivity contribution in [3.05, 3.63) is 84.0 Å². The molecule has 118 valence electrons. The van der Waals surface area contributed by atoms with Crippen LogP contribution in [0.3, 0.4) is 0 Å². The van der Waals surface area contributed by atoms with Crippen molar-refractivity contribution >= 4 is 0 Å². The van der Waals surface area contributed by atoms with Crippen molar-refractivity contribution in [1.29, 1.82) is 0 Å². The highest BCUT2D eigenvalue weighted by atomic mass is 16.5. The van der Waals surface area contributed by atoms with E-state index in [2.05, 4.69) is 61.2 Å². The third-order valence-electron chi connectivity index (χ3n) is 4.63. The Morgan fingerprint density at radius 1 is 0.913 bits per heavy atom. The van der Waals surface area contributed by atoms with Gasteiger partial charge < -0.3 is 9.47 Å². The highest BCUT2D eigenvalue weighted by molar-refractivity contribution is 5.53. The van der Waals surface area contributed by atoms with E-state index in [1.807, 2.05) is 6.07 Å². The van der Waals surface area contributed by atoms with Gasteiger partial charge in [-0.25, -0.2) is 0 Å². The summed E-state index contributed by atoms with van der Waals surface area (Å²) in [5.41, 5.74) is 3.53. The van der Waals surface area contributed by atoms with Crippen molar-refractivity contribution in [1.82, 2.24) is 0 Å². The minimum atomic E-state index is -0.151. The molecule has 0 heterocycles. The topological polar surface area (TPSA) is 18.5 Å². The van der Waals surface area contributed by atoms with Crippen LogP contribution < -0.4 is 9.47 Å². The van der Waals surface area contributed by atoms with Crippen LogP contribution in [0.1, 0.15) is 24.0 Å². The summed E-state index contributed by atoms with van der Waals surface area (Å²) >= 11 is 0. The molecule has 0 fully saturated rings. The number of rotatable bonds is 4. The lowest BCUT2D eigenvalue weighted by atomic mass is 9.68. The smallest absolute Gasteiger partial charge is 0.161 e. The van der Waals surface area contributed by atoms with Crippen LogP contribution in [0.15, 0.2) is 72.8 Å². The Bertz CT molecular complexity index is 731. The Labute approximate surface area is 138 Å². The van der Waals surface area contributed by atoms with E-state index in [0.29, 0.717) is 0 Å². The first-order chi connectivity index (χ1) is 11.2. The van der Waals surface area contributed by atoms with Crippen molar-refractivity contribution in [2.45, 2.75) is 18.3 Å². The molecule has 2 nitrogen and oxygen atoms in total. The average molecular weight is 306 g/mol. The van der Waals surface area contributed by atoms with Gasteiger partial charge in [0.25, 0.3) is 0 Å². The standard InChI is InChI=1S/C21H22O2/c1-16-11-13-21(14-12-16,17-7-5-4-6-8-17)18-9-10-19(22-2)20(15-18)23-3/h4-11,13,15H,1,12,14H2,2-3H3. The van der Waals surface area contributed by atoms with E-state index in [-0.39, 0.29) is 5.41 Å². The molecule has 1 atom stereocenters. The summed E-state index contributed by atoms with van der Waals surface area (Å²) in [4.78, 5) is 0. The number of benzene rings is 2. The fourth-order valence-corrected chi connectivity index (χ4v) is 3.28. The molecule has 2 aromatic carbocycles. The number of ether oxygens (including phenoxy) is 2. The van der Waals surface area contributed by atoms with Crippen LogP contribution in [0.2, 0.25) is 0 Å². The lowest BCUT2D eigenvalue weighted by Crippen LogP contribution is -2.27. The van der Waals surface area contributed by atoms with Gasteiger partial charge in [0.1, 0.15) is 0 Å². The van der Waals surface area contributed by atoms with Crippen LogP contribution in [0.4, 0.5) is 0 Å². The van der Waals surface area contributed by atoms with E-state index >= 15 is 0 Å². The summed E-state index contributed by atoms with van der Waals surface area (Å²) in [5.74, 6) is 1.52. The Kier molecular flexibility index (Phi) is 4.24. The van der Waals surface area contributed by atoms with E-state index in [1.54, 1.807) is 14.2 Å². The summed E-state index contributed by atoms with van der Waals surface area (Å²) in [6.07, 6.45) is 6.41. The molecule has 1 aliphatic carbocycles. The van der Waals surface area contributed by atoms with Crippen LogP contribution in [0, 0.1) is 0 Å². The molecule has 0 N–H and O–H groups in total. The van der Waals surface area contributed by atoms with E-state index in [1.165, 1.54) is 16.7 Å². The van der Waals surface area contributed by atoms with Crippen molar-refractivity contribution in [2.75, 3.05) is 14.2 Å². The Hall–Kier alpha value is -2.48. The van der Waals surface area contributed by atoms with E-state index in [4.69, 9.17) is 9.47 Å². The van der Waals surface area contributed by atoms with E-state index in [9.17, 15) is 0 Å². The highest BCUT2D eigenvalue weighted by Crippen LogP contribution is 2.44. The zero-order valence-corrected chi connectivity index (χ0v) is 13.7. The summed E-state index contributed by atoms with van der Waals surface area (Å²) in [7, 11) is 3.34. The molecule has 23 heavy (non-hydrogen) atoms. The molecule has 0 saturated heterocycles. The predicted octanol–water partition coefficient (Wildman–Crippen LogP) is 4.90. The van der Waals surface area contributed by atoms with Gasteiger partial charge in [-0.1, -0.05) is 60.7 Å². The summed E-state index contributed by atoms with van der Waals surface area (Å²) in [5, 5.41) is 0. The van der Waals surface area contributed by atoms with E-state index in [0.717, 1.165) is 24.3 Å². The fourth-order valence-electron chi connectivity index (χ4n) is 3.28. The summed E-state index contributed by atoms with van der Waals surface area (Å²) in [6, 6.07) is 16.8. The largest absolute Gasteiger partial charge is 0.493 e. The SMILES string of the molecule is C=C1C=CC(c2ccccc2)(c2ccc(OC)c(OC)c2)CC1. The molecule has 1 aliphatic rings. The van der Waals surface area contributed by atoms with Crippen molar-refractivity contribution in [3.63, 3.8) is 0 Å². The lowest BCUT2D eigenvalue weighted by molar-refractivity contribution is 0.353. The maximum absolute atomic E-state index is 5.50. The first-order valence-electron chi connectivity index (χ1n) is 7.84. The second-order valence-corrected chi connectivity index (χ2v) is 5.90. The van der Waals surface area contributed by atoms with Gasteiger partial charge in [-0.05, 0) is 36.1 Å². The van der Waals surface area contributed by atoms with Crippen molar-refractivity contribution in [3.8, 4) is 11.5 Å². The third kappa shape index (κ3) is 2.77. The Morgan fingerprint density at radius 3 is 2.26 bits per heavy atom. The van der Waals surface area contributed by atoms with Gasteiger partial charge in [-0.15, -0.1) is 0 Å². The molecule has 2 heteroatoms. The summed E-state index contributed by atoms with van der Waals surface area (Å²) in [6.45, 7) is 4.10. The maximum atomic E-state index is 5.50. The Balaban J connectivity index is 2.17. The van der Waals surface area contributed by atoms with Gasteiger partial charge in [0, 0.05) is 5.41 Å². The number of methoxy groups -OCH3 is 2. The number of hydrogen-bond acceptors (Lipinski definition) is 2. The normalized spacial score (nSPS) is 20.3. The molecule has 0 aliphatic heterocycles. The molecule has 3 rings (SSSR count). The lowest BCUT2D eigenvalue weighted by Gasteiger charge is -2.35. The highest BCUT2D eigenvalue weighted by Gasteiger charge is 2.34. The van der Waals surface area contributed by atoms with E-state index < -0.39 is 0 Å². The molecule has 0 bridgehead atoms. The number of allylic oxidation sites excluding steroid dienone is 3. The quantitative estimate of drug-likeness (QED) is 0.800. The first-order valence-corrected chi connectivity index (χ1v) is 7.84. The monoisotopic (exact) mass is 306 g/mol. The van der Waals surface area contributed by atoms with Crippen molar-refractivity contribution < 1.29 is 9.47 Å². The summed E-state index contributed by atoms with van der Waals surface area (Å²) < 4.78 is 10.9. The molecule has 0 saturated carbocycles. The van der Waals surface area contributed by atoms with Gasteiger partial charge in [0.2, 0.25) is 0 Å². The van der Waals surface area contributed by atoms with Crippen LogP contribution in [-0.4, -0.2) is 14.2 Å². The van der Waals surface area contributed by atoms with Crippen molar-refractivity contribution in [2.24, 2.45) is 0 Å². The number of hydrogen-bond donors (Lipinski definition) is 0. The van der Waals surface area contributed by atoms with Crippen LogP contribution in [0.25, 0.3) is 0 Å². The van der Waals surface area contributed by atoms with Gasteiger partial charge in [-0.3, -0.25) is 0 Å². The molecule has 2 aromatic rings.